The van der Waals surface area contributed by atoms with Crippen LogP contribution in [0.3, 0.4) is 0 Å². The van der Waals surface area contributed by atoms with E-state index >= 15 is 0 Å². The fraction of sp³-hybridized carbons (Fsp3) is 0.481. The predicted molar refractivity (Wildman–Crippen MR) is 141 cm³/mol. The van der Waals surface area contributed by atoms with E-state index in [4.69, 9.17) is 24.0 Å². The zero-order chi connectivity index (χ0) is 27.0. The van der Waals surface area contributed by atoms with Crippen LogP contribution in [0.15, 0.2) is 28.8 Å². The number of nitrogens with one attached hydrogen (secondary N) is 2. The maximum Gasteiger partial charge on any atom is 0.409 e. The average molecular weight is 523 g/mol. The number of anilines is 1. The van der Waals surface area contributed by atoms with Crippen LogP contribution in [0.4, 0.5) is 10.6 Å². The molecule has 11 heteroatoms. The highest BCUT2D eigenvalue weighted by Gasteiger charge is 2.57. The third kappa shape index (κ3) is 5.03. The van der Waals surface area contributed by atoms with Crippen molar-refractivity contribution in [3.63, 3.8) is 0 Å². The third-order valence-corrected chi connectivity index (χ3v) is 7.32. The van der Waals surface area contributed by atoms with Crippen molar-refractivity contribution < 1.29 is 23.9 Å². The summed E-state index contributed by atoms with van der Waals surface area (Å²) in [6, 6.07) is 7.75. The maximum absolute atomic E-state index is 11.9. The van der Waals surface area contributed by atoms with Crippen molar-refractivity contribution in [2.24, 2.45) is 11.8 Å². The number of nitrogens with zero attached hydrogens (tertiary/aromatic N) is 4. The third-order valence-electron chi connectivity index (χ3n) is 7.32. The summed E-state index contributed by atoms with van der Waals surface area (Å²) in [7, 11) is 3.19. The quantitative estimate of drug-likeness (QED) is 0.385. The number of carbonyl (C=O) groups is 1. The summed E-state index contributed by atoms with van der Waals surface area (Å²) in [4.78, 5) is 23.5. The molecule has 2 aromatic heterocycles. The monoisotopic (exact) mass is 522 g/mol. The van der Waals surface area contributed by atoms with E-state index in [0.717, 1.165) is 33.9 Å². The van der Waals surface area contributed by atoms with Crippen molar-refractivity contribution >= 4 is 11.9 Å². The van der Waals surface area contributed by atoms with Crippen LogP contribution in [-0.2, 0) is 4.74 Å². The molecular weight excluding hydrogens is 488 g/mol. The Labute approximate surface area is 221 Å². The molecule has 1 saturated carbocycles. The summed E-state index contributed by atoms with van der Waals surface area (Å²) in [5.41, 5.74) is 4.06. The number of rotatable bonds is 9. The van der Waals surface area contributed by atoms with Crippen LogP contribution in [0.2, 0.25) is 0 Å². The van der Waals surface area contributed by atoms with Crippen molar-refractivity contribution in [2.45, 2.75) is 32.9 Å². The molecule has 2 fully saturated rings. The van der Waals surface area contributed by atoms with Gasteiger partial charge in [-0.2, -0.15) is 0 Å². The molecule has 3 aromatic rings. The van der Waals surface area contributed by atoms with E-state index < -0.39 is 6.10 Å². The Morgan fingerprint density at radius 2 is 2.00 bits per heavy atom. The number of piperidine rings is 1. The fourth-order valence-corrected chi connectivity index (χ4v) is 5.24. The molecule has 3 atom stereocenters. The predicted octanol–water partition coefficient (Wildman–Crippen LogP) is 2.79. The summed E-state index contributed by atoms with van der Waals surface area (Å²) in [6.45, 7) is 7.72. The second-order valence-corrected chi connectivity index (χ2v) is 9.99. The second-order valence-electron chi connectivity index (χ2n) is 9.99. The molecule has 3 heterocycles. The molecule has 5 rings (SSSR count). The highest BCUT2D eigenvalue weighted by atomic mass is 16.5. The van der Waals surface area contributed by atoms with E-state index in [0.29, 0.717) is 48.8 Å². The van der Waals surface area contributed by atoms with E-state index in [1.54, 1.807) is 11.9 Å². The molecule has 2 aliphatic rings. The van der Waals surface area contributed by atoms with Crippen molar-refractivity contribution in [1.29, 1.82) is 0 Å². The Kier molecular flexibility index (Phi) is 7.22. The Hall–Kier alpha value is -3.70. The standard InChI is InChI=1S/C27H34N6O5/c1-14-23(22-15(2)32-38-16(22)3)29-26(17-7-6-8-19(9-17)37-13-18(34)10-28-4)31-25(14)30-24-20-11-33(12-21(20)24)27(35)36-5/h6-9,18,20-21,24,28,34H,10-13H2,1-5H3,(H,29,30,31). The van der Waals surface area contributed by atoms with Gasteiger partial charge >= 0.3 is 6.09 Å². The van der Waals surface area contributed by atoms with Crippen LogP contribution in [0.1, 0.15) is 17.0 Å². The molecule has 3 N–H and O–H groups in total. The largest absolute Gasteiger partial charge is 0.491 e. The minimum absolute atomic E-state index is 0.170. The topological polar surface area (TPSA) is 135 Å². The number of ether oxygens (including phenoxy) is 2. The molecule has 202 valence electrons. The highest BCUT2D eigenvalue weighted by molar-refractivity contribution is 5.75. The van der Waals surface area contributed by atoms with Gasteiger partial charge in [-0.3, -0.25) is 0 Å². The first kappa shape index (κ1) is 25.9. The van der Waals surface area contributed by atoms with Crippen LogP contribution in [-0.4, -0.2) is 83.8 Å². The van der Waals surface area contributed by atoms with Gasteiger partial charge < -0.3 is 34.6 Å². The van der Waals surface area contributed by atoms with E-state index in [2.05, 4.69) is 15.8 Å². The summed E-state index contributed by atoms with van der Waals surface area (Å²) in [6.07, 6.45) is -0.896. The van der Waals surface area contributed by atoms with E-state index in [1.807, 2.05) is 45.0 Å². The number of likely N-dealkylation sites (tertiary alicyclic amines) is 1. The maximum atomic E-state index is 11.9. The molecule has 3 unspecified atom stereocenters. The number of hydrogen-bond acceptors (Lipinski definition) is 10. The molecule has 1 aromatic carbocycles. The second kappa shape index (κ2) is 10.6. The normalized spacial score (nSPS) is 20.7. The van der Waals surface area contributed by atoms with Crippen molar-refractivity contribution in [1.82, 2.24) is 25.3 Å². The van der Waals surface area contributed by atoms with Crippen LogP contribution in [0.5, 0.6) is 5.75 Å². The summed E-state index contributed by atoms with van der Waals surface area (Å²) in [5.74, 6) is 3.30. The SMILES string of the molecule is CNCC(O)COc1cccc(-c2nc(NC3C4CN(C(=O)OC)CC43)c(C)c(-c3c(C)noc3C)n2)c1. The molecular formula is C27H34N6O5. The van der Waals surface area contributed by atoms with Gasteiger partial charge in [-0.15, -0.1) is 0 Å². The average Bonchev–Trinajstić information content (AvgIpc) is 3.20. The Morgan fingerprint density at radius 3 is 2.66 bits per heavy atom. The number of benzene rings is 1. The number of likely N-dealkylation sites (N-methyl/N-ethyl adjacent to an activating group) is 1. The Balaban J connectivity index is 1.45. The molecule has 0 bridgehead atoms. The van der Waals surface area contributed by atoms with Gasteiger partial charge in [-0.1, -0.05) is 17.3 Å². The van der Waals surface area contributed by atoms with Crippen LogP contribution >= 0.6 is 0 Å². The minimum Gasteiger partial charge on any atom is -0.491 e. The lowest BCUT2D eigenvalue weighted by molar-refractivity contribution is 0.108. The number of amides is 1. The lowest BCUT2D eigenvalue weighted by atomic mass is 10.0. The molecule has 1 amide bonds. The number of fused-ring (bicyclic) bond motifs is 1. The lowest BCUT2D eigenvalue weighted by Crippen LogP contribution is -2.33. The summed E-state index contributed by atoms with van der Waals surface area (Å²) >= 11 is 0. The summed E-state index contributed by atoms with van der Waals surface area (Å²) < 4.78 is 16.1. The number of aliphatic hydroxyl groups excluding tert-OH is 1. The summed E-state index contributed by atoms with van der Waals surface area (Å²) in [5, 5.41) is 20.7. The van der Waals surface area contributed by atoms with Crippen LogP contribution in [0, 0.1) is 32.6 Å². The van der Waals surface area contributed by atoms with Crippen LogP contribution in [0.25, 0.3) is 22.6 Å². The van der Waals surface area contributed by atoms with Gasteiger partial charge in [0.05, 0.1) is 24.1 Å². The van der Waals surface area contributed by atoms with E-state index in [-0.39, 0.29) is 18.7 Å². The van der Waals surface area contributed by atoms with Crippen LogP contribution < -0.4 is 15.4 Å². The number of aryl methyl sites for hydroxylation is 2. The van der Waals surface area contributed by atoms with Crippen molar-refractivity contribution in [3.8, 4) is 28.4 Å². The van der Waals surface area contributed by atoms with Gasteiger partial charge in [0.15, 0.2) is 5.82 Å². The molecule has 38 heavy (non-hydrogen) atoms. The first-order chi connectivity index (χ1) is 18.3. The molecule has 1 saturated heterocycles. The van der Waals surface area contributed by atoms with E-state index in [1.165, 1.54) is 7.11 Å². The van der Waals surface area contributed by atoms with Gasteiger partial charge in [-0.05, 0) is 40.0 Å². The first-order valence-electron chi connectivity index (χ1n) is 12.8. The smallest absolute Gasteiger partial charge is 0.409 e. The Morgan fingerprint density at radius 1 is 1.24 bits per heavy atom. The number of carbonyl (C=O) groups excluding carboxylic acids is 1. The number of aromatic nitrogens is 3. The molecule has 1 aliphatic heterocycles. The first-order valence-corrected chi connectivity index (χ1v) is 12.8. The number of methoxy groups -OCH3 is 1. The highest BCUT2D eigenvalue weighted by Crippen LogP contribution is 2.48. The molecule has 11 nitrogen and oxygen atoms in total. The fourth-order valence-electron chi connectivity index (χ4n) is 5.24. The number of aliphatic hydroxyl groups is 1. The molecule has 1 aliphatic carbocycles. The van der Waals surface area contributed by atoms with Gasteiger partial charge in [0.2, 0.25) is 0 Å². The van der Waals surface area contributed by atoms with Crippen molar-refractivity contribution in [2.75, 3.05) is 45.7 Å². The number of hydrogen-bond donors (Lipinski definition) is 3. The minimum atomic E-state index is -0.616. The van der Waals surface area contributed by atoms with Gasteiger partial charge in [-0.25, -0.2) is 14.8 Å². The zero-order valence-electron chi connectivity index (χ0n) is 22.3. The lowest BCUT2D eigenvalue weighted by Gasteiger charge is -2.20. The van der Waals surface area contributed by atoms with Gasteiger partial charge in [0.25, 0.3) is 0 Å². The zero-order valence-corrected chi connectivity index (χ0v) is 22.3. The molecule has 0 radical (unpaired) electrons. The van der Waals surface area contributed by atoms with Gasteiger partial charge in [0.1, 0.15) is 30.0 Å². The molecule has 0 spiro atoms. The van der Waals surface area contributed by atoms with E-state index in [9.17, 15) is 9.90 Å². The van der Waals surface area contributed by atoms with Crippen molar-refractivity contribution in [3.05, 3.63) is 41.3 Å². The van der Waals surface area contributed by atoms with Gasteiger partial charge in [0, 0.05) is 48.6 Å². The Bertz CT molecular complexity index is 1300.